The normalized spacial score (nSPS) is 11.0. The van der Waals surface area contributed by atoms with Crippen molar-refractivity contribution in [1.82, 2.24) is 15.2 Å². The van der Waals surface area contributed by atoms with E-state index in [-0.39, 0.29) is 17.1 Å². The van der Waals surface area contributed by atoms with Crippen LogP contribution in [0.1, 0.15) is 36.8 Å². The summed E-state index contributed by atoms with van der Waals surface area (Å²) in [5.74, 6) is -1.06. The summed E-state index contributed by atoms with van der Waals surface area (Å²) in [5, 5.41) is 11.5. The van der Waals surface area contributed by atoms with Gasteiger partial charge in [0.1, 0.15) is 5.69 Å². The van der Waals surface area contributed by atoms with Gasteiger partial charge >= 0.3 is 12.0 Å². The maximum Gasteiger partial charge on any atom is 0.354 e. The first-order chi connectivity index (χ1) is 9.19. The number of carboxylic acid groups (broad SMARTS) is 1. The molecule has 0 spiro atoms. The molecular formula is C14H21N3O3. The lowest BCUT2D eigenvalue weighted by atomic mass is 9.96. The van der Waals surface area contributed by atoms with Gasteiger partial charge in [0.2, 0.25) is 0 Å². The molecule has 0 atom stereocenters. The largest absolute Gasteiger partial charge is 0.477 e. The van der Waals surface area contributed by atoms with Crippen LogP contribution in [0, 0.1) is 5.41 Å². The van der Waals surface area contributed by atoms with Gasteiger partial charge in [-0.3, -0.25) is 0 Å². The molecular weight excluding hydrogens is 258 g/mol. The predicted octanol–water partition coefficient (Wildman–Crippen LogP) is 1.97. The lowest BCUT2D eigenvalue weighted by molar-refractivity contribution is 0.0690. The highest BCUT2D eigenvalue weighted by Gasteiger charge is 2.17. The van der Waals surface area contributed by atoms with Crippen molar-refractivity contribution < 1.29 is 14.7 Å². The monoisotopic (exact) mass is 279 g/mol. The van der Waals surface area contributed by atoms with Crippen LogP contribution in [0.3, 0.4) is 0 Å². The first kappa shape index (κ1) is 15.9. The minimum Gasteiger partial charge on any atom is -0.477 e. The smallest absolute Gasteiger partial charge is 0.354 e. The summed E-state index contributed by atoms with van der Waals surface area (Å²) < 4.78 is 0. The second kappa shape index (κ2) is 6.36. The number of aromatic nitrogens is 1. The lowest BCUT2D eigenvalue weighted by Gasteiger charge is -2.26. The molecule has 0 unspecified atom stereocenters. The molecule has 0 fully saturated rings. The van der Waals surface area contributed by atoms with Crippen molar-refractivity contribution >= 4 is 12.0 Å². The van der Waals surface area contributed by atoms with Crippen LogP contribution in [0.5, 0.6) is 0 Å². The molecule has 20 heavy (non-hydrogen) atoms. The van der Waals surface area contributed by atoms with Crippen LogP contribution in [0.4, 0.5) is 4.79 Å². The Morgan fingerprint density at radius 2 is 2.00 bits per heavy atom. The van der Waals surface area contributed by atoms with Crippen LogP contribution >= 0.6 is 0 Å². The SMILES string of the molecule is CN(CC(C)(C)C)C(=O)NCc1ccc(C(=O)O)nc1. The first-order valence-electron chi connectivity index (χ1n) is 6.36. The number of pyridine rings is 1. The van der Waals surface area contributed by atoms with E-state index in [1.807, 2.05) is 0 Å². The van der Waals surface area contributed by atoms with Gasteiger partial charge in [-0.05, 0) is 17.0 Å². The molecule has 0 aromatic carbocycles. The number of nitrogens with one attached hydrogen (secondary N) is 1. The van der Waals surface area contributed by atoms with Crippen molar-refractivity contribution in [2.75, 3.05) is 13.6 Å². The number of urea groups is 1. The van der Waals surface area contributed by atoms with Crippen LogP contribution in [-0.2, 0) is 6.54 Å². The van der Waals surface area contributed by atoms with E-state index in [0.717, 1.165) is 5.56 Å². The molecule has 0 bridgehead atoms. The van der Waals surface area contributed by atoms with Crippen molar-refractivity contribution in [3.63, 3.8) is 0 Å². The van der Waals surface area contributed by atoms with E-state index in [4.69, 9.17) is 5.11 Å². The minimum absolute atomic E-state index is 0.00933. The molecule has 0 saturated carbocycles. The van der Waals surface area contributed by atoms with Crippen LogP contribution < -0.4 is 5.32 Å². The number of hydrogen-bond donors (Lipinski definition) is 2. The summed E-state index contributed by atoms with van der Waals surface area (Å²) in [5.41, 5.74) is 0.786. The zero-order chi connectivity index (χ0) is 15.3. The number of hydrogen-bond acceptors (Lipinski definition) is 3. The Morgan fingerprint density at radius 3 is 2.45 bits per heavy atom. The Morgan fingerprint density at radius 1 is 1.35 bits per heavy atom. The molecule has 110 valence electrons. The second-order valence-electron chi connectivity index (χ2n) is 5.93. The lowest BCUT2D eigenvalue weighted by Crippen LogP contribution is -2.41. The third kappa shape index (κ3) is 5.26. The maximum atomic E-state index is 11.9. The van der Waals surface area contributed by atoms with E-state index in [1.54, 1.807) is 18.0 Å². The quantitative estimate of drug-likeness (QED) is 0.882. The molecule has 1 rings (SSSR count). The highest BCUT2D eigenvalue weighted by molar-refractivity contribution is 5.85. The van der Waals surface area contributed by atoms with E-state index in [1.165, 1.54) is 12.3 Å². The zero-order valence-corrected chi connectivity index (χ0v) is 12.3. The average Bonchev–Trinajstić information content (AvgIpc) is 2.34. The Labute approximate surface area is 118 Å². The first-order valence-corrected chi connectivity index (χ1v) is 6.36. The van der Waals surface area contributed by atoms with Gasteiger partial charge in [-0.15, -0.1) is 0 Å². The van der Waals surface area contributed by atoms with Crippen LogP contribution in [0.2, 0.25) is 0 Å². The highest BCUT2D eigenvalue weighted by atomic mass is 16.4. The molecule has 1 heterocycles. The highest BCUT2D eigenvalue weighted by Crippen LogP contribution is 2.14. The summed E-state index contributed by atoms with van der Waals surface area (Å²) >= 11 is 0. The fourth-order valence-electron chi connectivity index (χ4n) is 1.75. The number of nitrogens with zero attached hydrogens (tertiary/aromatic N) is 2. The van der Waals surface area contributed by atoms with Gasteiger partial charge in [0.25, 0.3) is 0 Å². The Bertz CT molecular complexity index is 477. The van der Waals surface area contributed by atoms with Gasteiger partial charge in [-0.1, -0.05) is 26.8 Å². The minimum atomic E-state index is -1.06. The summed E-state index contributed by atoms with van der Waals surface area (Å²) in [6.45, 7) is 7.15. The van der Waals surface area contributed by atoms with Gasteiger partial charge in [-0.2, -0.15) is 0 Å². The zero-order valence-electron chi connectivity index (χ0n) is 12.3. The Hall–Kier alpha value is -2.11. The Balaban J connectivity index is 2.50. The van der Waals surface area contributed by atoms with E-state index in [0.29, 0.717) is 13.1 Å². The topological polar surface area (TPSA) is 82.5 Å². The number of aromatic carboxylic acids is 1. The maximum absolute atomic E-state index is 11.9. The number of rotatable bonds is 4. The summed E-state index contributed by atoms with van der Waals surface area (Å²) in [4.78, 5) is 28.0. The molecule has 0 saturated heterocycles. The summed E-state index contributed by atoms with van der Waals surface area (Å²) in [6.07, 6.45) is 1.45. The average molecular weight is 279 g/mol. The van der Waals surface area contributed by atoms with E-state index in [9.17, 15) is 9.59 Å². The number of carbonyl (C=O) groups excluding carboxylic acids is 1. The molecule has 1 aromatic heterocycles. The van der Waals surface area contributed by atoms with E-state index < -0.39 is 5.97 Å². The van der Waals surface area contributed by atoms with Crippen molar-refractivity contribution in [3.05, 3.63) is 29.6 Å². The van der Waals surface area contributed by atoms with Crippen molar-refractivity contribution in [1.29, 1.82) is 0 Å². The van der Waals surface area contributed by atoms with Crippen LogP contribution in [0.25, 0.3) is 0 Å². The number of amides is 2. The molecule has 0 radical (unpaired) electrons. The van der Waals surface area contributed by atoms with Crippen molar-refractivity contribution in [3.8, 4) is 0 Å². The van der Waals surface area contributed by atoms with Crippen LogP contribution in [0.15, 0.2) is 18.3 Å². The van der Waals surface area contributed by atoms with E-state index >= 15 is 0 Å². The van der Waals surface area contributed by atoms with Gasteiger partial charge in [-0.25, -0.2) is 14.6 Å². The molecule has 0 aliphatic rings. The molecule has 0 aliphatic carbocycles. The second-order valence-corrected chi connectivity index (χ2v) is 5.93. The molecule has 2 amide bonds. The molecule has 6 nitrogen and oxygen atoms in total. The number of carbonyl (C=O) groups is 2. The summed E-state index contributed by atoms with van der Waals surface area (Å²) in [6, 6.07) is 2.89. The van der Waals surface area contributed by atoms with E-state index in [2.05, 4.69) is 31.1 Å². The fourth-order valence-corrected chi connectivity index (χ4v) is 1.75. The summed E-state index contributed by atoms with van der Waals surface area (Å²) in [7, 11) is 1.74. The van der Waals surface area contributed by atoms with Gasteiger partial charge in [0.15, 0.2) is 0 Å². The standard InChI is InChI=1S/C14H21N3O3/c1-14(2,3)9-17(4)13(20)16-8-10-5-6-11(12(18)19)15-7-10/h5-7H,8-9H2,1-4H3,(H,16,20)(H,18,19). The van der Waals surface area contributed by atoms with Gasteiger partial charge in [0, 0.05) is 26.3 Å². The third-order valence-electron chi connectivity index (χ3n) is 2.55. The molecule has 2 N–H and O–H groups in total. The molecule has 1 aromatic rings. The Kier molecular flexibility index (Phi) is 5.07. The molecule has 0 aliphatic heterocycles. The van der Waals surface area contributed by atoms with Crippen molar-refractivity contribution in [2.45, 2.75) is 27.3 Å². The predicted molar refractivity (Wildman–Crippen MR) is 75.5 cm³/mol. The fraction of sp³-hybridized carbons (Fsp3) is 0.500. The number of carboxylic acids is 1. The van der Waals surface area contributed by atoms with Gasteiger partial charge < -0.3 is 15.3 Å². The van der Waals surface area contributed by atoms with Gasteiger partial charge in [0.05, 0.1) is 0 Å². The van der Waals surface area contributed by atoms with Crippen molar-refractivity contribution in [2.24, 2.45) is 5.41 Å². The molecule has 6 heteroatoms. The third-order valence-corrected chi connectivity index (χ3v) is 2.55. The van der Waals surface area contributed by atoms with Crippen LogP contribution in [-0.4, -0.2) is 40.6 Å².